The molecule has 0 N–H and O–H groups in total. The number of carbonyl (C=O) groups excluding carboxylic acids is 1. The second-order valence-corrected chi connectivity index (χ2v) is 11.9. The highest BCUT2D eigenvalue weighted by Crippen LogP contribution is 2.32. The maximum atomic E-state index is 13.9. The number of fused-ring (bicyclic) bond motifs is 1. The molecule has 1 aliphatic rings. The first-order chi connectivity index (χ1) is 20.6. The van der Waals surface area contributed by atoms with E-state index in [9.17, 15) is 9.59 Å². The Morgan fingerprint density at radius 1 is 1.05 bits per heavy atom. The van der Waals surface area contributed by atoms with Crippen LogP contribution in [-0.4, -0.2) is 24.3 Å². The summed E-state index contributed by atoms with van der Waals surface area (Å²) in [7, 11) is 1.59. The molecule has 222 valence electrons. The minimum atomic E-state index is -0.692. The zero-order chi connectivity index (χ0) is 30.8. The van der Waals surface area contributed by atoms with Crippen LogP contribution in [0.1, 0.15) is 47.7 Å². The lowest BCUT2D eigenvalue weighted by Crippen LogP contribution is -2.39. The van der Waals surface area contributed by atoms with Crippen molar-refractivity contribution in [2.24, 2.45) is 4.99 Å². The third-order valence-corrected chi connectivity index (χ3v) is 8.69. The molecular weight excluding hydrogens is 607 g/mol. The average molecular weight is 638 g/mol. The summed E-state index contributed by atoms with van der Waals surface area (Å²) in [5.74, 6) is 0.920. The zero-order valence-corrected chi connectivity index (χ0v) is 26.7. The fourth-order valence-electron chi connectivity index (χ4n) is 5.13. The maximum absolute atomic E-state index is 13.9. The molecule has 7 nitrogen and oxygen atoms in total. The molecule has 4 aromatic rings. The lowest BCUT2D eigenvalue weighted by atomic mass is 9.96. The van der Waals surface area contributed by atoms with Gasteiger partial charge in [0, 0.05) is 15.6 Å². The smallest absolute Gasteiger partial charge is 0.338 e. The highest BCUT2D eigenvalue weighted by Gasteiger charge is 2.33. The van der Waals surface area contributed by atoms with Gasteiger partial charge in [0.2, 0.25) is 0 Å². The molecule has 0 unspecified atom stereocenters. The SMILES string of the molecule is CCOC(=O)C1=C(C)N=c2s/c(=C\c3cc(C)c(OCc4ccc(Cl)cc4Cl)c(C)c3)c(=O)n2[C@H]1c1ccc(OC)cc1. The molecule has 0 bridgehead atoms. The number of esters is 1. The lowest BCUT2D eigenvalue weighted by Gasteiger charge is -2.24. The van der Waals surface area contributed by atoms with Crippen molar-refractivity contribution in [2.45, 2.75) is 40.3 Å². The molecule has 1 aliphatic heterocycles. The summed E-state index contributed by atoms with van der Waals surface area (Å²) in [4.78, 5) is 32.2. The fraction of sp³-hybridized carbons (Fsp3) is 0.242. The van der Waals surface area contributed by atoms with Gasteiger partial charge in [-0.25, -0.2) is 9.79 Å². The topological polar surface area (TPSA) is 79.1 Å². The van der Waals surface area contributed by atoms with Crippen LogP contribution < -0.4 is 24.4 Å². The number of halogens is 2. The maximum Gasteiger partial charge on any atom is 0.338 e. The molecular formula is C33H30Cl2N2O5S. The number of hydrogen-bond acceptors (Lipinski definition) is 7. The first-order valence-electron chi connectivity index (χ1n) is 13.6. The number of benzene rings is 3. The van der Waals surface area contributed by atoms with E-state index in [0.717, 1.165) is 33.6 Å². The van der Waals surface area contributed by atoms with Gasteiger partial charge in [0.1, 0.15) is 18.1 Å². The normalized spacial score (nSPS) is 14.8. The van der Waals surface area contributed by atoms with Gasteiger partial charge in [0.15, 0.2) is 4.80 Å². The number of thiazole rings is 1. The van der Waals surface area contributed by atoms with E-state index < -0.39 is 12.0 Å². The van der Waals surface area contributed by atoms with E-state index in [1.165, 1.54) is 11.3 Å². The van der Waals surface area contributed by atoms with Crippen molar-refractivity contribution in [3.8, 4) is 11.5 Å². The van der Waals surface area contributed by atoms with Crippen molar-refractivity contribution < 1.29 is 19.0 Å². The number of carbonyl (C=O) groups is 1. The molecule has 1 aromatic heterocycles. The summed E-state index contributed by atoms with van der Waals surface area (Å²) >= 11 is 13.6. The molecule has 0 fully saturated rings. The molecule has 0 aliphatic carbocycles. The molecule has 3 aromatic carbocycles. The Balaban J connectivity index is 1.54. The third kappa shape index (κ3) is 6.27. The van der Waals surface area contributed by atoms with Gasteiger partial charge in [0.05, 0.1) is 35.6 Å². The molecule has 0 saturated carbocycles. The van der Waals surface area contributed by atoms with Crippen molar-refractivity contribution in [1.82, 2.24) is 4.57 Å². The number of aryl methyl sites for hydroxylation is 2. The molecule has 0 amide bonds. The molecule has 0 saturated heterocycles. The highest BCUT2D eigenvalue weighted by molar-refractivity contribution is 7.07. The quantitative estimate of drug-likeness (QED) is 0.212. The Hall–Kier alpha value is -3.85. The monoisotopic (exact) mass is 636 g/mol. The van der Waals surface area contributed by atoms with E-state index in [1.807, 2.05) is 50.3 Å². The average Bonchev–Trinajstić information content (AvgIpc) is 3.26. The van der Waals surface area contributed by atoms with Crippen LogP contribution in [0.2, 0.25) is 10.0 Å². The number of methoxy groups -OCH3 is 1. The predicted octanol–water partition coefficient (Wildman–Crippen LogP) is 6.31. The van der Waals surface area contributed by atoms with E-state index >= 15 is 0 Å². The van der Waals surface area contributed by atoms with Gasteiger partial charge < -0.3 is 14.2 Å². The summed E-state index contributed by atoms with van der Waals surface area (Å²) in [6.45, 7) is 7.94. The first-order valence-corrected chi connectivity index (χ1v) is 15.2. The summed E-state index contributed by atoms with van der Waals surface area (Å²) in [5, 5.41) is 1.11. The molecule has 2 heterocycles. The molecule has 0 spiro atoms. The highest BCUT2D eigenvalue weighted by atomic mass is 35.5. The minimum Gasteiger partial charge on any atom is -0.497 e. The molecule has 1 atom stereocenters. The van der Waals surface area contributed by atoms with E-state index in [-0.39, 0.29) is 12.2 Å². The summed E-state index contributed by atoms with van der Waals surface area (Å²) in [5.41, 5.74) is 4.87. The minimum absolute atomic E-state index is 0.209. The number of nitrogens with zero attached hydrogens (tertiary/aromatic N) is 2. The van der Waals surface area contributed by atoms with Gasteiger partial charge in [-0.3, -0.25) is 9.36 Å². The number of allylic oxidation sites excluding steroid dienone is 1. The Kier molecular flexibility index (Phi) is 9.11. The largest absolute Gasteiger partial charge is 0.497 e. The van der Waals surface area contributed by atoms with E-state index in [2.05, 4.69) is 4.99 Å². The Bertz CT molecular complexity index is 1900. The van der Waals surface area contributed by atoms with Crippen LogP contribution in [0.3, 0.4) is 0 Å². The van der Waals surface area contributed by atoms with Crippen molar-refractivity contribution >= 4 is 46.6 Å². The van der Waals surface area contributed by atoms with Crippen LogP contribution in [-0.2, 0) is 16.1 Å². The summed E-state index contributed by atoms with van der Waals surface area (Å²) in [6.07, 6.45) is 1.85. The van der Waals surface area contributed by atoms with Crippen molar-refractivity contribution in [2.75, 3.05) is 13.7 Å². The first kappa shape index (κ1) is 30.6. The molecule has 0 radical (unpaired) electrons. The molecule has 43 heavy (non-hydrogen) atoms. The van der Waals surface area contributed by atoms with Gasteiger partial charge in [-0.05, 0) is 92.4 Å². The van der Waals surface area contributed by atoms with Crippen molar-refractivity contribution in [3.63, 3.8) is 0 Å². The number of ether oxygens (including phenoxy) is 3. The van der Waals surface area contributed by atoms with Crippen LogP contribution in [0, 0.1) is 13.8 Å². The van der Waals surface area contributed by atoms with E-state index in [0.29, 0.717) is 43.0 Å². The van der Waals surface area contributed by atoms with Gasteiger partial charge >= 0.3 is 5.97 Å². The van der Waals surface area contributed by atoms with Crippen LogP contribution >= 0.6 is 34.5 Å². The molecule has 5 rings (SSSR count). The number of aromatic nitrogens is 1. The lowest BCUT2D eigenvalue weighted by molar-refractivity contribution is -0.139. The Morgan fingerprint density at radius 2 is 1.74 bits per heavy atom. The van der Waals surface area contributed by atoms with Gasteiger partial charge in [0.25, 0.3) is 5.56 Å². The third-order valence-electron chi connectivity index (χ3n) is 7.12. The number of rotatable bonds is 8. The summed E-state index contributed by atoms with van der Waals surface area (Å²) < 4.78 is 18.9. The Labute approximate surface area is 263 Å². The number of hydrogen-bond donors (Lipinski definition) is 0. The molecule has 10 heteroatoms. The van der Waals surface area contributed by atoms with E-state index in [4.69, 9.17) is 37.4 Å². The van der Waals surface area contributed by atoms with Crippen LogP contribution in [0.5, 0.6) is 11.5 Å². The summed E-state index contributed by atoms with van der Waals surface area (Å²) in [6, 6.07) is 15.9. The predicted molar refractivity (Wildman–Crippen MR) is 170 cm³/mol. The fourth-order valence-corrected chi connectivity index (χ4v) is 6.64. The van der Waals surface area contributed by atoms with Crippen LogP contribution in [0.25, 0.3) is 6.08 Å². The van der Waals surface area contributed by atoms with Crippen LogP contribution in [0.4, 0.5) is 0 Å². The second-order valence-electron chi connectivity index (χ2n) is 10.1. The van der Waals surface area contributed by atoms with Gasteiger partial charge in [-0.15, -0.1) is 0 Å². The van der Waals surface area contributed by atoms with Crippen LogP contribution in [0.15, 0.2) is 75.7 Å². The van der Waals surface area contributed by atoms with Gasteiger partial charge in [-0.1, -0.05) is 52.7 Å². The van der Waals surface area contributed by atoms with Gasteiger partial charge in [-0.2, -0.15) is 0 Å². The Morgan fingerprint density at radius 3 is 2.37 bits per heavy atom. The standard InChI is InChI=1S/C33H30Cl2N2O5S/c1-6-41-32(39)28-20(4)36-33-37(29(28)22-8-11-25(40-5)12-9-22)31(38)27(43-33)15-21-13-18(2)30(19(3)14-21)42-17-23-7-10-24(34)16-26(23)35/h7-16,29H,6,17H2,1-5H3/b27-15-/t29-/m0/s1. The zero-order valence-electron chi connectivity index (χ0n) is 24.4. The second kappa shape index (κ2) is 12.8. The van der Waals surface area contributed by atoms with Crippen molar-refractivity contribution in [1.29, 1.82) is 0 Å². The van der Waals surface area contributed by atoms with Crippen molar-refractivity contribution in [3.05, 3.63) is 123 Å². The van der Waals surface area contributed by atoms with E-state index in [1.54, 1.807) is 49.8 Å².